The molecule has 1 aromatic carbocycles. The highest BCUT2D eigenvalue weighted by Gasteiger charge is 2.30. The molecule has 0 saturated carbocycles. The molecule has 11 heteroatoms. The zero-order valence-corrected chi connectivity index (χ0v) is 20.1. The highest BCUT2D eigenvalue weighted by atomic mass is 32.2. The van der Waals surface area contributed by atoms with Crippen LogP contribution in [0, 0.1) is 0 Å². The topological polar surface area (TPSA) is 105 Å². The number of aromatic nitrogens is 5. The summed E-state index contributed by atoms with van der Waals surface area (Å²) in [5, 5.41) is 9.06. The summed E-state index contributed by atoms with van der Waals surface area (Å²) in [5.74, 6) is 4.14. The van der Waals surface area contributed by atoms with Crippen LogP contribution in [0.15, 0.2) is 30.6 Å². The highest BCUT2D eigenvalue weighted by molar-refractivity contribution is 8.01. The number of benzene rings is 1. The molecule has 10 nitrogen and oxygen atoms in total. The van der Waals surface area contributed by atoms with E-state index in [-0.39, 0.29) is 17.2 Å². The molecular formula is C22H28N6O4S. The molecule has 1 aliphatic heterocycles. The van der Waals surface area contributed by atoms with Crippen LogP contribution < -0.4 is 18.9 Å². The lowest BCUT2D eigenvalue weighted by Crippen LogP contribution is -2.22. The molecule has 1 N–H and O–H groups in total. The van der Waals surface area contributed by atoms with Gasteiger partial charge in [0.25, 0.3) is 0 Å². The lowest BCUT2D eigenvalue weighted by molar-refractivity contribution is 0.125. The SMILES string of the molecule is COCC1COc2c(OC)cccc2-c2nnc(NSC(C)C(C)c3ncc(OC)cn3)n21. The predicted octanol–water partition coefficient (Wildman–Crippen LogP) is 3.58. The fourth-order valence-electron chi connectivity index (χ4n) is 3.59. The van der Waals surface area contributed by atoms with E-state index >= 15 is 0 Å². The second-order valence-electron chi connectivity index (χ2n) is 7.67. The van der Waals surface area contributed by atoms with Crippen LogP contribution in [0.3, 0.4) is 0 Å². The lowest BCUT2D eigenvalue weighted by atomic mass is 10.1. The van der Waals surface area contributed by atoms with Gasteiger partial charge < -0.3 is 18.9 Å². The standard InChI is InChI=1S/C22H28N6O4S/c1-13(20-23-9-16(30-4)10-24-20)14(2)33-27-22-26-25-21-17-7-6-8-18(31-5)19(17)32-12-15(11-29-3)28(21)22/h6-10,13-15H,11-12H2,1-5H3,(H,26,27). The van der Waals surface area contributed by atoms with E-state index in [0.717, 1.165) is 11.4 Å². The van der Waals surface area contributed by atoms with Gasteiger partial charge in [0.2, 0.25) is 5.95 Å². The van der Waals surface area contributed by atoms with Gasteiger partial charge >= 0.3 is 0 Å². The quantitative estimate of drug-likeness (QED) is 0.465. The average Bonchev–Trinajstić information content (AvgIpc) is 3.21. The first kappa shape index (κ1) is 23.1. The Labute approximate surface area is 197 Å². The van der Waals surface area contributed by atoms with Crippen LogP contribution in [0.5, 0.6) is 17.2 Å². The number of fused-ring (bicyclic) bond motifs is 3. The summed E-state index contributed by atoms with van der Waals surface area (Å²) in [6.07, 6.45) is 3.37. The third-order valence-corrected chi connectivity index (χ3v) is 6.69. The number of anilines is 1. The molecule has 3 heterocycles. The van der Waals surface area contributed by atoms with Crippen molar-refractivity contribution < 1.29 is 18.9 Å². The van der Waals surface area contributed by atoms with E-state index in [2.05, 4.69) is 38.7 Å². The number of hydrogen-bond acceptors (Lipinski definition) is 10. The molecule has 0 amide bonds. The van der Waals surface area contributed by atoms with Gasteiger partial charge in [-0.1, -0.05) is 19.9 Å². The zero-order valence-electron chi connectivity index (χ0n) is 19.3. The zero-order chi connectivity index (χ0) is 23.4. The maximum Gasteiger partial charge on any atom is 0.235 e. The summed E-state index contributed by atoms with van der Waals surface area (Å²) >= 11 is 1.54. The second kappa shape index (κ2) is 10.3. The maximum absolute atomic E-state index is 6.12. The third-order valence-electron chi connectivity index (χ3n) is 5.61. The summed E-state index contributed by atoms with van der Waals surface area (Å²) in [6.45, 7) is 5.06. The van der Waals surface area contributed by atoms with Gasteiger partial charge in [-0.2, -0.15) is 0 Å². The number of nitrogens with one attached hydrogen (secondary N) is 1. The van der Waals surface area contributed by atoms with Crippen molar-refractivity contribution in [1.82, 2.24) is 24.7 Å². The molecule has 3 unspecified atom stereocenters. The van der Waals surface area contributed by atoms with Crippen molar-refractivity contribution in [2.24, 2.45) is 0 Å². The van der Waals surface area contributed by atoms with Crippen molar-refractivity contribution in [3.05, 3.63) is 36.4 Å². The summed E-state index contributed by atoms with van der Waals surface area (Å²) in [4.78, 5) is 8.84. The maximum atomic E-state index is 6.12. The van der Waals surface area contributed by atoms with E-state index in [9.17, 15) is 0 Å². The van der Waals surface area contributed by atoms with Gasteiger partial charge in [-0.15, -0.1) is 10.2 Å². The Balaban J connectivity index is 1.57. The van der Waals surface area contributed by atoms with E-state index < -0.39 is 0 Å². The van der Waals surface area contributed by atoms with Crippen LogP contribution in [-0.2, 0) is 4.74 Å². The minimum Gasteiger partial charge on any atom is -0.494 e. The number of methoxy groups -OCH3 is 3. The minimum absolute atomic E-state index is 0.100. The Morgan fingerprint density at radius 2 is 1.94 bits per heavy atom. The Morgan fingerprint density at radius 3 is 2.64 bits per heavy atom. The van der Waals surface area contributed by atoms with Gasteiger partial charge in [0.1, 0.15) is 12.4 Å². The van der Waals surface area contributed by atoms with Crippen LogP contribution in [0.25, 0.3) is 11.4 Å². The normalized spacial score (nSPS) is 16.6. The molecule has 2 aromatic heterocycles. The third kappa shape index (κ3) is 4.69. The smallest absolute Gasteiger partial charge is 0.235 e. The summed E-state index contributed by atoms with van der Waals surface area (Å²) in [7, 11) is 4.89. The Hall–Kier alpha value is -3.05. The Bertz CT molecular complexity index is 1080. The fourth-order valence-corrected chi connectivity index (χ4v) is 4.34. The molecule has 0 bridgehead atoms. The predicted molar refractivity (Wildman–Crippen MR) is 126 cm³/mol. The largest absolute Gasteiger partial charge is 0.494 e. The highest BCUT2D eigenvalue weighted by Crippen LogP contribution is 2.42. The van der Waals surface area contributed by atoms with Crippen LogP contribution in [0.2, 0.25) is 0 Å². The first-order valence-electron chi connectivity index (χ1n) is 10.6. The van der Waals surface area contributed by atoms with Crippen molar-refractivity contribution >= 4 is 17.9 Å². The second-order valence-corrected chi connectivity index (χ2v) is 8.85. The summed E-state index contributed by atoms with van der Waals surface area (Å²) < 4.78 is 27.6. The molecule has 3 aromatic rings. The molecule has 176 valence electrons. The van der Waals surface area contributed by atoms with E-state index in [1.807, 2.05) is 22.8 Å². The van der Waals surface area contributed by atoms with E-state index in [0.29, 0.717) is 42.2 Å². The van der Waals surface area contributed by atoms with Gasteiger partial charge in [-0.25, -0.2) is 9.97 Å². The molecule has 0 saturated heterocycles. The Kier molecular flexibility index (Phi) is 7.19. The minimum atomic E-state index is -0.113. The van der Waals surface area contributed by atoms with E-state index in [4.69, 9.17) is 18.9 Å². The van der Waals surface area contributed by atoms with Crippen molar-refractivity contribution in [2.45, 2.75) is 31.1 Å². The first-order chi connectivity index (χ1) is 16.1. The van der Waals surface area contributed by atoms with Crippen LogP contribution in [0.1, 0.15) is 31.6 Å². The van der Waals surface area contributed by atoms with Crippen molar-refractivity contribution in [1.29, 1.82) is 0 Å². The number of rotatable bonds is 9. The molecule has 4 rings (SSSR count). The average molecular weight is 473 g/mol. The number of hydrogen-bond donors (Lipinski definition) is 1. The molecule has 33 heavy (non-hydrogen) atoms. The molecule has 1 aliphatic rings. The molecule has 3 atom stereocenters. The lowest BCUT2D eigenvalue weighted by Gasteiger charge is -2.21. The van der Waals surface area contributed by atoms with Gasteiger partial charge in [0.05, 0.1) is 44.8 Å². The van der Waals surface area contributed by atoms with Gasteiger partial charge in [0.15, 0.2) is 23.1 Å². The molecule has 0 spiro atoms. The number of nitrogens with zero attached hydrogens (tertiary/aromatic N) is 5. The molecule has 0 radical (unpaired) electrons. The number of ether oxygens (including phenoxy) is 4. The van der Waals surface area contributed by atoms with Gasteiger partial charge in [0, 0.05) is 18.3 Å². The molecule has 0 aliphatic carbocycles. The van der Waals surface area contributed by atoms with Crippen molar-refractivity contribution in [3.8, 4) is 28.6 Å². The fraction of sp³-hybridized carbons (Fsp3) is 0.455. The molecule has 0 fully saturated rings. The molecular weight excluding hydrogens is 444 g/mol. The Morgan fingerprint density at radius 1 is 1.15 bits per heavy atom. The summed E-state index contributed by atoms with van der Waals surface area (Å²) in [6, 6.07) is 5.63. The van der Waals surface area contributed by atoms with Crippen molar-refractivity contribution in [2.75, 3.05) is 39.3 Å². The number of para-hydroxylation sites is 1. The van der Waals surface area contributed by atoms with E-state index in [1.54, 1.807) is 45.7 Å². The first-order valence-corrected chi connectivity index (χ1v) is 11.5. The van der Waals surface area contributed by atoms with Crippen LogP contribution in [0.4, 0.5) is 5.95 Å². The van der Waals surface area contributed by atoms with E-state index in [1.165, 1.54) is 0 Å². The van der Waals surface area contributed by atoms with Gasteiger partial charge in [-0.3, -0.25) is 9.29 Å². The summed E-state index contributed by atoms with van der Waals surface area (Å²) in [5.41, 5.74) is 0.826. The van der Waals surface area contributed by atoms with Gasteiger partial charge in [-0.05, 0) is 24.1 Å². The van der Waals surface area contributed by atoms with Crippen LogP contribution >= 0.6 is 11.9 Å². The van der Waals surface area contributed by atoms with Crippen molar-refractivity contribution in [3.63, 3.8) is 0 Å². The monoisotopic (exact) mass is 472 g/mol. The van der Waals surface area contributed by atoms with Crippen LogP contribution in [-0.4, -0.2) is 64.5 Å².